The molecule has 0 spiro atoms. The summed E-state index contributed by atoms with van der Waals surface area (Å²) >= 11 is 0. The molecule has 0 aliphatic heterocycles. The molecule has 0 fully saturated rings. The van der Waals surface area contributed by atoms with E-state index >= 15 is 0 Å². The minimum atomic E-state index is -5.17. The first-order valence-corrected chi connectivity index (χ1v) is 22.0. The van der Waals surface area contributed by atoms with Crippen LogP contribution >= 0.6 is 0 Å². The fourth-order valence-corrected chi connectivity index (χ4v) is 7.32. The monoisotopic (exact) mass is 980 g/mol. The summed E-state index contributed by atoms with van der Waals surface area (Å²) in [4.78, 5) is 59.1. The van der Waals surface area contributed by atoms with E-state index in [0.717, 1.165) is 66.7 Å². The lowest BCUT2D eigenvalue weighted by Gasteiger charge is -2.12. The molecule has 6 aromatic rings. The number of hydrogen-bond acceptors (Lipinski definition) is 18. The summed E-state index contributed by atoms with van der Waals surface area (Å²) in [5, 5.41) is 35.3. The lowest BCUT2D eigenvalue weighted by atomic mass is 10.0. The van der Waals surface area contributed by atoms with Gasteiger partial charge >= 0.3 is 29.8 Å². The molecule has 0 radical (unpaired) electrons. The first-order valence-electron chi connectivity index (χ1n) is 19.2. The van der Waals surface area contributed by atoms with Crippen molar-refractivity contribution >= 4 is 72.8 Å². The SMILES string of the molecule is C=CC(=O)OCOc1ccc(C(=O)Oc2ccc(N=Nc3ccc(-c4ccc(N=Nc5ccc(OC(=O)c6ccc(OC)cc6)c(C(=O)O)c5)cc4S(=O)(=O)O)c(S(=O)(=O)O)c3)cc2C(=O)O)cc1. The highest BCUT2D eigenvalue weighted by Crippen LogP contribution is 2.38. The van der Waals surface area contributed by atoms with Crippen molar-refractivity contribution in [2.45, 2.75) is 9.79 Å². The second kappa shape index (κ2) is 21.1. The fourth-order valence-electron chi connectivity index (χ4n) is 5.87. The van der Waals surface area contributed by atoms with Crippen molar-refractivity contribution in [3.05, 3.63) is 156 Å². The van der Waals surface area contributed by atoms with Crippen LogP contribution in [-0.4, -0.2) is 79.9 Å². The molecule has 0 saturated carbocycles. The number of carboxylic acid groups (broad SMARTS) is 2. The third kappa shape index (κ3) is 12.7. The molecule has 22 nitrogen and oxygen atoms in total. The lowest BCUT2D eigenvalue weighted by Crippen LogP contribution is -2.12. The van der Waals surface area contributed by atoms with Crippen LogP contribution < -0.4 is 18.9 Å². The van der Waals surface area contributed by atoms with Crippen LogP contribution in [0, 0.1) is 0 Å². The molecular weight excluding hydrogens is 949 g/mol. The van der Waals surface area contributed by atoms with E-state index < -0.39 is 88.9 Å². The molecule has 352 valence electrons. The van der Waals surface area contributed by atoms with Crippen LogP contribution in [-0.2, 0) is 29.8 Å². The maximum absolute atomic E-state index is 12.8. The highest BCUT2D eigenvalue weighted by Gasteiger charge is 2.25. The van der Waals surface area contributed by atoms with Gasteiger partial charge < -0.3 is 33.9 Å². The largest absolute Gasteiger partial charge is 0.497 e. The second-order valence-corrected chi connectivity index (χ2v) is 16.4. The van der Waals surface area contributed by atoms with Gasteiger partial charge in [-0.25, -0.2) is 24.0 Å². The average Bonchev–Trinajstić information content (AvgIpc) is 3.32. The molecule has 0 heterocycles. The number of benzene rings is 6. The van der Waals surface area contributed by atoms with Gasteiger partial charge in [-0.2, -0.15) is 37.3 Å². The van der Waals surface area contributed by atoms with Crippen molar-refractivity contribution in [1.29, 1.82) is 0 Å². The van der Waals surface area contributed by atoms with Crippen molar-refractivity contribution in [1.82, 2.24) is 0 Å². The molecule has 0 saturated heterocycles. The first kappa shape index (κ1) is 49.5. The predicted octanol–water partition coefficient (Wildman–Crippen LogP) is 8.59. The van der Waals surface area contributed by atoms with Gasteiger partial charge in [0.2, 0.25) is 6.79 Å². The zero-order valence-corrected chi connectivity index (χ0v) is 36.8. The molecule has 0 bridgehead atoms. The number of rotatable bonds is 18. The van der Waals surface area contributed by atoms with Crippen LogP contribution in [0.1, 0.15) is 41.4 Å². The lowest BCUT2D eigenvalue weighted by molar-refractivity contribution is -0.144. The van der Waals surface area contributed by atoms with Crippen LogP contribution in [0.2, 0.25) is 0 Å². The third-order valence-electron chi connectivity index (χ3n) is 9.14. The number of carbonyl (C=O) groups is 5. The predicted molar refractivity (Wildman–Crippen MR) is 238 cm³/mol. The molecule has 24 heteroatoms. The molecular formula is C45H32N4O18S2. The summed E-state index contributed by atoms with van der Waals surface area (Å²) < 4.78 is 96.6. The topological polar surface area (TPSA) is 330 Å². The third-order valence-corrected chi connectivity index (χ3v) is 10.9. The van der Waals surface area contributed by atoms with E-state index in [-0.39, 0.29) is 51.1 Å². The second-order valence-electron chi connectivity index (χ2n) is 13.6. The molecule has 0 amide bonds. The number of methoxy groups -OCH3 is 1. The Bertz CT molecular complexity index is 3320. The Morgan fingerprint density at radius 1 is 0.551 bits per heavy atom. The van der Waals surface area contributed by atoms with E-state index in [1.807, 2.05) is 0 Å². The van der Waals surface area contributed by atoms with Gasteiger partial charge in [0, 0.05) is 17.2 Å². The number of hydrogen-bond donors (Lipinski definition) is 4. The molecule has 0 unspecified atom stereocenters. The number of carbonyl (C=O) groups excluding carboxylic acids is 3. The van der Waals surface area contributed by atoms with Crippen molar-refractivity contribution in [3.63, 3.8) is 0 Å². The summed E-state index contributed by atoms with van der Waals surface area (Å²) in [5.74, 6) is -5.55. The fraction of sp³-hybridized carbons (Fsp3) is 0.0444. The number of ether oxygens (including phenoxy) is 5. The number of azo groups is 2. The number of esters is 3. The Kier molecular flexibility index (Phi) is 15.1. The molecule has 0 atom stereocenters. The van der Waals surface area contributed by atoms with Crippen molar-refractivity contribution in [2.24, 2.45) is 20.5 Å². The Morgan fingerprint density at radius 2 is 0.928 bits per heavy atom. The molecule has 0 aliphatic carbocycles. The summed E-state index contributed by atoms with van der Waals surface area (Å²) in [6.45, 7) is 2.83. The number of aromatic carboxylic acids is 2. The van der Waals surface area contributed by atoms with Gasteiger partial charge in [0.25, 0.3) is 20.2 Å². The summed E-state index contributed by atoms with van der Waals surface area (Å²) in [5.41, 5.74) is -2.47. The standard InChI is InChI=1S/C45H32N4O18S2/c1-3-41(50)65-24-64-32-14-6-26(7-15-32)45(56)67-38-19-11-28(21-36(38)43(53)54)47-49-30-9-17-34(40(23-30)69(60,61)62)33-16-8-29(22-39(33)68(57,58)59)48-46-27-10-18-37(35(20-27)42(51)52)66-44(55)25-4-12-31(63-2)13-5-25/h3-23H,1,24H2,2H3,(H,51,52)(H,53,54)(H,57,58,59)(H,60,61,62). The summed E-state index contributed by atoms with van der Waals surface area (Å²) in [6.07, 6.45) is 0.947. The maximum Gasteiger partial charge on any atom is 0.343 e. The average molecular weight is 981 g/mol. The van der Waals surface area contributed by atoms with E-state index in [1.165, 1.54) is 67.8 Å². The molecule has 6 aromatic carbocycles. The highest BCUT2D eigenvalue weighted by atomic mass is 32.2. The van der Waals surface area contributed by atoms with Crippen molar-refractivity contribution < 1.29 is 83.8 Å². The molecule has 0 aliphatic rings. The van der Waals surface area contributed by atoms with Gasteiger partial charge in [-0.15, -0.1) is 0 Å². The van der Waals surface area contributed by atoms with Gasteiger partial charge in [-0.05, 0) is 109 Å². The Hall–Kier alpha value is -8.97. The molecule has 0 aromatic heterocycles. The summed E-state index contributed by atoms with van der Waals surface area (Å²) in [6, 6.07) is 24.0. The van der Waals surface area contributed by atoms with Crippen molar-refractivity contribution in [3.8, 4) is 34.1 Å². The Labute approximate surface area is 389 Å². The van der Waals surface area contributed by atoms with Crippen LogP contribution in [0.5, 0.6) is 23.0 Å². The number of nitrogens with zero attached hydrogens (tertiary/aromatic N) is 4. The smallest absolute Gasteiger partial charge is 0.343 e. The van der Waals surface area contributed by atoms with E-state index in [4.69, 9.17) is 23.7 Å². The van der Waals surface area contributed by atoms with Crippen molar-refractivity contribution in [2.75, 3.05) is 13.9 Å². The molecule has 6 rings (SSSR count). The number of carboxylic acids is 2. The van der Waals surface area contributed by atoms with Crippen LogP contribution in [0.25, 0.3) is 11.1 Å². The van der Waals surface area contributed by atoms with Crippen LogP contribution in [0.4, 0.5) is 22.7 Å². The van der Waals surface area contributed by atoms with E-state index in [9.17, 15) is 60.1 Å². The zero-order valence-electron chi connectivity index (χ0n) is 35.1. The van der Waals surface area contributed by atoms with Gasteiger partial charge in [0.05, 0.1) is 41.0 Å². The van der Waals surface area contributed by atoms with E-state index in [2.05, 4.69) is 27.0 Å². The van der Waals surface area contributed by atoms with E-state index in [0.29, 0.717) is 5.75 Å². The van der Waals surface area contributed by atoms with Crippen LogP contribution in [0.15, 0.2) is 164 Å². The van der Waals surface area contributed by atoms with Gasteiger partial charge in [0.15, 0.2) is 0 Å². The molecule has 4 N–H and O–H groups in total. The maximum atomic E-state index is 12.8. The minimum Gasteiger partial charge on any atom is -0.497 e. The van der Waals surface area contributed by atoms with Gasteiger partial charge in [0.1, 0.15) is 43.9 Å². The normalized spacial score (nSPS) is 11.5. The first-order chi connectivity index (χ1) is 32.7. The highest BCUT2D eigenvalue weighted by molar-refractivity contribution is 7.86. The van der Waals surface area contributed by atoms with Gasteiger partial charge in [-0.3, -0.25) is 9.11 Å². The quantitative estimate of drug-likeness (QED) is 0.0156. The Morgan fingerprint density at radius 3 is 1.29 bits per heavy atom. The minimum absolute atomic E-state index is 0.00120. The van der Waals surface area contributed by atoms with Gasteiger partial charge in [-0.1, -0.05) is 18.7 Å². The Balaban J connectivity index is 1.21. The summed E-state index contributed by atoms with van der Waals surface area (Å²) in [7, 11) is -8.91. The van der Waals surface area contributed by atoms with Crippen LogP contribution in [0.3, 0.4) is 0 Å². The molecule has 69 heavy (non-hydrogen) atoms. The van der Waals surface area contributed by atoms with E-state index in [1.54, 1.807) is 0 Å². The zero-order chi connectivity index (χ0) is 50.0.